The van der Waals surface area contributed by atoms with Crippen molar-refractivity contribution in [1.29, 1.82) is 0 Å². The summed E-state index contributed by atoms with van der Waals surface area (Å²) < 4.78 is 0. The van der Waals surface area contributed by atoms with Gasteiger partial charge in [-0.3, -0.25) is 0 Å². The van der Waals surface area contributed by atoms with Crippen molar-refractivity contribution in [2.45, 2.75) is 37.8 Å². The summed E-state index contributed by atoms with van der Waals surface area (Å²) in [6.45, 7) is 3.24. The molecule has 0 bridgehead atoms. The van der Waals surface area contributed by atoms with Gasteiger partial charge in [0.25, 0.3) is 0 Å². The number of nitrogens with one attached hydrogen (secondary N) is 1. The Morgan fingerprint density at radius 3 is 2.89 bits per heavy atom. The second-order valence-corrected chi connectivity index (χ2v) is 5.56. The van der Waals surface area contributed by atoms with Crippen molar-refractivity contribution in [2.24, 2.45) is 0 Å². The van der Waals surface area contributed by atoms with Crippen LogP contribution in [0.1, 0.15) is 26.2 Å². The first-order chi connectivity index (χ1) is 8.52. The van der Waals surface area contributed by atoms with Crippen molar-refractivity contribution in [3.8, 4) is 0 Å². The van der Waals surface area contributed by atoms with E-state index in [0.717, 1.165) is 24.6 Å². The molecule has 1 atom stereocenters. The molecule has 0 spiro atoms. The van der Waals surface area contributed by atoms with Crippen LogP contribution in [0.5, 0.6) is 0 Å². The zero-order valence-electron chi connectivity index (χ0n) is 10.6. The van der Waals surface area contributed by atoms with Gasteiger partial charge in [0.05, 0.1) is 5.60 Å². The zero-order chi connectivity index (χ0) is 12.8. The summed E-state index contributed by atoms with van der Waals surface area (Å²) in [5, 5.41) is 13.3. The first-order valence-electron chi connectivity index (χ1n) is 6.40. The van der Waals surface area contributed by atoms with Crippen molar-refractivity contribution in [2.75, 3.05) is 29.0 Å². The third kappa shape index (κ3) is 2.48. The molecule has 6 nitrogen and oxygen atoms in total. The van der Waals surface area contributed by atoms with E-state index in [1.165, 1.54) is 12.8 Å². The highest BCUT2D eigenvalue weighted by Gasteiger charge is 2.32. The topological polar surface area (TPSA) is 87.3 Å². The van der Waals surface area contributed by atoms with E-state index < -0.39 is 5.60 Å². The molecule has 4 N–H and O–H groups in total. The number of hydrogen-bond acceptors (Lipinski definition) is 6. The Hall–Kier alpha value is -1.56. The maximum absolute atomic E-state index is 9.99. The Bertz CT molecular complexity index is 458. The third-order valence-electron chi connectivity index (χ3n) is 3.44. The lowest BCUT2D eigenvalue weighted by atomic mass is 10.1. The van der Waals surface area contributed by atoms with Gasteiger partial charge in [0, 0.05) is 25.2 Å². The number of rotatable bonds is 3. The second kappa shape index (κ2) is 3.98. The predicted octanol–water partition coefficient (Wildman–Crippen LogP) is 0.594. The standard InChI is InChI=1S/C12H19N5O/c1-12(18)4-5-17(7-12)10-6-9(14-8-2-3-8)15-11(13)16-10/h6,8,18H,2-5,7H2,1H3,(H3,13,14,15,16)/t12-/m0/s1. The molecule has 1 saturated carbocycles. The van der Waals surface area contributed by atoms with E-state index in [2.05, 4.69) is 20.2 Å². The van der Waals surface area contributed by atoms with Gasteiger partial charge >= 0.3 is 0 Å². The number of aliphatic hydroxyl groups is 1. The van der Waals surface area contributed by atoms with Crippen LogP contribution in [-0.4, -0.2) is 39.8 Å². The molecule has 2 fully saturated rings. The molecule has 0 amide bonds. The molecule has 1 aromatic heterocycles. The normalized spacial score (nSPS) is 27.6. The molecular formula is C12H19N5O. The van der Waals surface area contributed by atoms with Gasteiger partial charge < -0.3 is 21.1 Å². The number of nitrogens with two attached hydrogens (primary N) is 1. The summed E-state index contributed by atoms with van der Waals surface area (Å²) in [6, 6.07) is 2.45. The van der Waals surface area contributed by atoms with Gasteiger partial charge in [-0.05, 0) is 26.2 Å². The van der Waals surface area contributed by atoms with Crippen LogP contribution in [0.2, 0.25) is 0 Å². The third-order valence-corrected chi connectivity index (χ3v) is 3.44. The molecule has 98 valence electrons. The second-order valence-electron chi connectivity index (χ2n) is 5.56. The van der Waals surface area contributed by atoms with Crippen molar-refractivity contribution < 1.29 is 5.11 Å². The molecule has 6 heteroatoms. The van der Waals surface area contributed by atoms with Crippen LogP contribution in [0.25, 0.3) is 0 Å². The van der Waals surface area contributed by atoms with Crippen LogP contribution in [0.15, 0.2) is 6.07 Å². The molecule has 18 heavy (non-hydrogen) atoms. The van der Waals surface area contributed by atoms with Crippen LogP contribution in [0.3, 0.4) is 0 Å². The number of anilines is 3. The average molecular weight is 249 g/mol. The van der Waals surface area contributed by atoms with Gasteiger partial charge in [0.2, 0.25) is 5.95 Å². The van der Waals surface area contributed by atoms with Crippen molar-refractivity contribution in [1.82, 2.24) is 9.97 Å². The molecule has 1 aliphatic carbocycles. The average Bonchev–Trinajstić information content (AvgIpc) is 3.00. The molecule has 3 rings (SSSR count). The minimum absolute atomic E-state index is 0.280. The first kappa shape index (κ1) is 11.5. The highest BCUT2D eigenvalue weighted by molar-refractivity contribution is 5.54. The molecule has 2 aliphatic rings. The van der Waals surface area contributed by atoms with Crippen LogP contribution >= 0.6 is 0 Å². The Morgan fingerprint density at radius 2 is 2.28 bits per heavy atom. The van der Waals surface area contributed by atoms with E-state index in [0.29, 0.717) is 12.6 Å². The molecule has 0 radical (unpaired) electrons. The van der Waals surface area contributed by atoms with Gasteiger partial charge in [0.15, 0.2) is 0 Å². The van der Waals surface area contributed by atoms with Gasteiger partial charge in [-0.15, -0.1) is 0 Å². The number of nitrogens with zero attached hydrogens (tertiary/aromatic N) is 3. The number of nitrogen functional groups attached to an aromatic ring is 1. The van der Waals surface area contributed by atoms with Crippen molar-refractivity contribution >= 4 is 17.6 Å². The summed E-state index contributed by atoms with van der Waals surface area (Å²) in [4.78, 5) is 10.5. The van der Waals surface area contributed by atoms with Crippen molar-refractivity contribution in [3.05, 3.63) is 6.07 Å². The maximum atomic E-state index is 9.99. The lowest BCUT2D eigenvalue weighted by Crippen LogP contribution is -2.30. The fourth-order valence-electron chi connectivity index (χ4n) is 2.27. The molecule has 0 unspecified atom stereocenters. The lowest BCUT2D eigenvalue weighted by Gasteiger charge is -2.20. The summed E-state index contributed by atoms with van der Waals surface area (Å²) in [5.41, 5.74) is 5.10. The first-order valence-corrected chi connectivity index (χ1v) is 6.40. The molecule has 1 aromatic rings. The SMILES string of the molecule is C[C@]1(O)CCN(c2cc(NC3CC3)nc(N)n2)C1. The van der Waals surface area contributed by atoms with Gasteiger partial charge in [-0.2, -0.15) is 9.97 Å². The van der Waals surface area contributed by atoms with Gasteiger partial charge in [-0.25, -0.2) is 0 Å². The minimum Gasteiger partial charge on any atom is -0.388 e. The number of aromatic nitrogens is 2. The summed E-state index contributed by atoms with van der Waals surface area (Å²) >= 11 is 0. The van der Waals surface area contributed by atoms with Crippen molar-refractivity contribution in [3.63, 3.8) is 0 Å². The molecule has 1 aliphatic heterocycles. The Balaban J connectivity index is 1.80. The van der Waals surface area contributed by atoms with E-state index in [1.54, 1.807) is 0 Å². The summed E-state index contributed by atoms with van der Waals surface area (Å²) in [5.74, 6) is 1.86. The zero-order valence-corrected chi connectivity index (χ0v) is 10.6. The lowest BCUT2D eigenvalue weighted by molar-refractivity contribution is 0.0839. The highest BCUT2D eigenvalue weighted by atomic mass is 16.3. The van der Waals surface area contributed by atoms with E-state index in [-0.39, 0.29) is 5.95 Å². The van der Waals surface area contributed by atoms with Gasteiger partial charge in [-0.1, -0.05) is 0 Å². The Morgan fingerprint density at radius 1 is 1.50 bits per heavy atom. The van der Waals surface area contributed by atoms with Crippen LogP contribution < -0.4 is 16.0 Å². The van der Waals surface area contributed by atoms with E-state index >= 15 is 0 Å². The molecule has 2 heterocycles. The monoisotopic (exact) mass is 249 g/mol. The predicted molar refractivity (Wildman–Crippen MR) is 70.5 cm³/mol. The quantitative estimate of drug-likeness (QED) is 0.727. The maximum Gasteiger partial charge on any atom is 0.223 e. The Kier molecular flexibility index (Phi) is 2.55. The largest absolute Gasteiger partial charge is 0.388 e. The van der Waals surface area contributed by atoms with Crippen LogP contribution in [0, 0.1) is 0 Å². The fraction of sp³-hybridized carbons (Fsp3) is 0.667. The fourth-order valence-corrected chi connectivity index (χ4v) is 2.27. The number of hydrogen-bond donors (Lipinski definition) is 3. The number of β-amino-alcohol motifs (C(OH)–C–C–N with tert-alkyl or cyclic N) is 1. The van der Waals surface area contributed by atoms with Crippen LogP contribution in [0.4, 0.5) is 17.6 Å². The molecule has 1 saturated heterocycles. The Labute approximate surface area is 106 Å². The summed E-state index contributed by atoms with van der Waals surface area (Å²) in [7, 11) is 0. The van der Waals surface area contributed by atoms with Gasteiger partial charge in [0.1, 0.15) is 11.6 Å². The van der Waals surface area contributed by atoms with Crippen LogP contribution in [-0.2, 0) is 0 Å². The molecular weight excluding hydrogens is 230 g/mol. The smallest absolute Gasteiger partial charge is 0.223 e. The minimum atomic E-state index is -0.635. The highest BCUT2D eigenvalue weighted by Crippen LogP contribution is 2.29. The van der Waals surface area contributed by atoms with E-state index in [4.69, 9.17) is 5.73 Å². The van der Waals surface area contributed by atoms with E-state index in [9.17, 15) is 5.11 Å². The molecule has 0 aromatic carbocycles. The summed E-state index contributed by atoms with van der Waals surface area (Å²) in [6.07, 6.45) is 3.14. The van der Waals surface area contributed by atoms with E-state index in [1.807, 2.05) is 13.0 Å².